The van der Waals surface area contributed by atoms with Crippen LogP contribution in [0.15, 0.2) is 29.2 Å². The number of rotatable bonds is 7. The van der Waals surface area contributed by atoms with Crippen LogP contribution in [0.5, 0.6) is 11.5 Å². The van der Waals surface area contributed by atoms with Crippen molar-refractivity contribution in [1.82, 2.24) is 4.57 Å². The van der Waals surface area contributed by atoms with Crippen molar-refractivity contribution in [3.05, 3.63) is 45.7 Å². The zero-order valence-corrected chi connectivity index (χ0v) is 18.7. The molecule has 0 aliphatic carbocycles. The van der Waals surface area contributed by atoms with Crippen LogP contribution in [0.4, 0.5) is 0 Å². The molecule has 1 aromatic carbocycles. The Kier molecular flexibility index (Phi) is 6.71. The van der Waals surface area contributed by atoms with Gasteiger partial charge in [-0.05, 0) is 29.5 Å². The summed E-state index contributed by atoms with van der Waals surface area (Å²) >= 11 is 0. The first-order valence-corrected chi connectivity index (χ1v) is 10.2. The molecule has 1 aliphatic heterocycles. The molecular weight excluding hydrogens is 400 g/mol. The zero-order chi connectivity index (χ0) is 22.8. The zero-order valence-electron chi connectivity index (χ0n) is 18.7. The fraction of sp³-hybridized carbons (Fsp3) is 0.478. The van der Waals surface area contributed by atoms with Gasteiger partial charge in [0.05, 0.1) is 19.4 Å². The molecule has 0 saturated heterocycles. The Hall–Kier alpha value is -2.84. The lowest BCUT2D eigenvalue weighted by molar-refractivity contribution is 0.0500. The van der Waals surface area contributed by atoms with Crippen LogP contribution in [-0.4, -0.2) is 38.0 Å². The van der Waals surface area contributed by atoms with Crippen molar-refractivity contribution < 1.29 is 23.8 Å². The second-order valence-corrected chi connectivity index (χ2v) is 8.69. The van der Waals surface area contributed by atoms with Gasteiger partial charge in [0.2, 0.25) is 0 Å². The maximum absolute atomic E-state index is 12.6. The molecule has 168 valence electrons. The van der Waals surface area contributed by atoms with Crippen molar-refractivity contribution in [3.8, 4) is 22.8 Å². The molecule has 0 spiro atoms. The number of pyridine rings is 1. The number of fused-ring (bicyclic) bond motifs is 3. The molecule has 0 saturated carbocycles. The number of nitrogens with zero attached hydrogens (tertiary/aromatic N) is 1. The number of nitrogens with two attached hydrogens (primary N) is 1. The van der Waals surface area contributed by atoms with Gasteiger partial charge in [-0.3, -0.25) is 4.79 Å². The molecule has 2 heterocycles. The van der Waals surface area contributed by atoms with Gasteiger partial charge < -0.3 is 23.6 Å². The minimum Gasteiger partial charge on any atom is -0.493 e. The van der Waals surface area contributed by atoms with E-state index >= 15 is 0 Å². The van der Waals surface area contributed by atoms with E-state index in [9.17, 15) is 9.59 Å². The van der Waals surface area contributed by atoms with E-state index in [0.29, 0.717) is 36.8 Å². The number of hydrogen-bond donors (Lipinski definition) is 1. The quantitative estimate of drug-likeness (QED) is 0.532. The van der Waals surface area contributed by atoms with Crippen molar-refractivity contribution >= 4 is 5.97 Å². The number of carbonyl (C=O) groups excluding carboxylic acids is 1. The van der Waals surface area contributed by atoms with E-state index in [1.165, 1.54) is 6.07 Å². The minimum atomic E-state index is -0.851. The monoisotopic (exact) mass is 430 g/mol. The summed E-state index contributed by atoms with van der Waals surface area (Å²) in [5.74, 6) is 5.41. The Bertz CT molecular complexity index is 1020. The summed E-state index contributed by atoms with van der Waals surface area (Å²) in [6, 6.07) is 5.32. The van der Waals surface area contributed by atoms with Crippen molar-refractivity contribution in [2.75, 3.05) is 27.4 Å². The SMILES string of the molecule is COCCCOc1cc2c(cc1OC)-c1cc(=O)c(C(=O)ON)cn1C(C(C)(C)C)C2. The van der Waals surface area contributed by atoms with E-state index in [4.69, 9.17) is 20.1 Å². The average molecular weight is 431 g/mol. The van der Waals surface area contributed by atoms with E-state index in [-0.39, 0.29) is 17.0 Å². The van der Waals surface area contributed by atoms with Gasteiger partial charge in [-0.2, -0.15) is 5.90 Å². The summed E-state index contributed by atoms with van der Waals surface area (Å²) < 4.78 is 18.5. The minimum absolute atomic E-state index is 0.00494. The molecule has 0 bridgehead atoms. The third-order valence-corrected chi connectivity index (χ3v) is 5.57. The van der Waals surface area contributed by atoms with Crippen molar-refractivity contribution in [3.63, 3.8) is 0 Å². The maximum Gasteiger partial charge on any atom is 0.362 e. The van der Waals surface area contributed by atoms with Crippen LogP contribution in [0.25, 0.3) is 11.3 Å². The fourth-order valence-corrected chi connectivity index (χ4v) is 3.94. The molecule has 1 atom stereocenters. The van der Waals surface area contributed by atoms with Gasteiger partial charge in [0, 0.05) is 44.0 Å². The molecular formula is C23H30N2O6. The third-order valence-electron chi connectivity index (χ3n) is 5.57. The van der Waals surface area contributed by atoms with Crippen LogP contribution in [0.2, 0.25) is 0 Å². The molecule has 0 amide bonds. The lowest BCUT2D eigenvalue weighted by Crippen LogP contribution is -2.33. The number of ether oxygens (including phenoxy) is 3. The van der Waals surface area contributed by atoms with Gasteiger partial charge in [-0.15, -0.1) is 0 Å². The van der Waals surface area contributed by atoms with Crippen molar-refractivity contribution in [2.24, 2.45) is 11.3 Å². The Morgan fingerprint density at radius 3 is 2.52 bits per heavy atom. The van der Waals surface area contributed by atoms with E-state index in [1.807, 2.05) is 16.7 Å². The fourth-order valence-electron chi connectivity index (χ4n) is 3.94. The first-order chi connectivity index (χ1) is 14.7. The number of methoxy groups -OCH3 is 2. The van der Waals surface area contributed by atoms with E-state index < -0.39 is 11.4 Å². The molecule has 0 fully saturated rings. The standard InChI is InChI=1S/C23H30N2O6/c1-23(2,3)21-10-14-9-20(30-8-6-7-28-4)19(29-5)11-15(14)17-12-18(26)16(13-25(17)21)22(27)31-24/h9,11-13,21H,6-8,10,24H2,1-5H3. The van der Waals surface area contributed by atoms with Crippen LogP contribution in [0, 0.1) is 5.41 Å². The molecule has 1 aliphatic rings. The van der Waals surface area contributed by atoms with Gasteiger partial charge in [0.1, 0.15) is 5.56 Å². The normalized spacial score (nSPS) is 15.1. The van der Waals surface area contributed by atoms with Crippen LogP contribution < -0.4 is 20.8 Å². The van der Waals surface area contributed by atoms with Crippen LogP contribution >= 0.6 is 0 Å². The predicted octanol–water partition coefficient (Wildman–Crippen LogP) is 3.11. The molecule has 3 rings (SSSR count). The Balaban J connectivity index is 2.14. The molecule has 8 nitrogen and oxygen atoms in total. The average Bonchev–Trinajstić information content (AvgIpc) is 2.73. The highest BCUT2D eigenvalue weighted by atomic mass is 16.7. The summed E-state index contributed by atoms with van der Waals surface area (Å²) in [7, 11) is 3.24. The van der Waals surface area contributed by atoms with Crippen LogP contribution in [0.3, 0.4) is 0 Å². The third kappa shape index (κ3) is 4.60. The van der Waals surface area contributed by atoms with E-state index in [1.54, 1.807) is 20.4 Å². The summed E-state index contributed by atoms with van der Waals surface area (Å²) in [5, 5.41) is 0. The number of carbonyl (C=O) groups is 1. The number of benzene rings is 1. The smallest absolute Gasteiger partial charge is 0.362 e. The lowest BCUT2D eigenvalue weighted by Gasteiger charge is -2.39. The molecule has 2 N–H and O–H groups in total. The molecule has 1 aromatic heterocycles. The molecule has 2 aromatic rings. The highest BCUT2D eigenvalue weighted by Gasteiger charge is 2.34. The molecule has 0 radical (unpaired) electrons. The summed E-state index contributed by atoms with van der Waals surface area (Å²) in [6.07, 6.45) is 3.01. The van der Waals surface area contributed by atoms with Crippen molar-refractivity contribution in [1.29, 1.82) is 0 Å². The highest BCUT2D eigenvalue weighted by molar-refractivity contribution is 5.89. The van der Waals surface area contributed by atoms with Crippen molar-refractivity contribution in [2.45, 2.75) is 39.7 Å². The molecule has 31 heavy (non-hydrogen) atoms. The predicted molar refractivity (Wildman–Crippen MR) is 116 cm³/mol. The number of hydrogen-bond acceptors (Lipinski definition) is 7. The summed E-state index contributed by atoms with van der Waals surface area (Å²) in [4.78, 5) is 29.0. The van der Waals surface area contributed by atoms with Gasteiger partial charge in [-0.25, -0.2) is 4.79 Å². The van der Waals surface area contributed by atoms with Gasteiger partial charge in [0.25, 0.3) is 0 Å². The number of aromatic nitrogens is 1. The Morgan fingerprint density at radius 2 is 1.90 bits per heavy atom. The largest absolute Gasteiger partial charge is 0.493 e. The van der Waals surface area contributed by atoms with Gasteiger partial charge >= 0.3 is 5.97 Å². The second kappa shape index (κ2) is 9.11. The van der Waals surface area contributed by atoms with E-state index in [0.717, 1.165) is 17.5 Å². The van der Waals surface area contributed by atoms with Gasteiger partial charge in [-0.1, -0.05) is 20.8 Å². The highest BCUT2D eigenvalue weighted by Crippen LogP contribution is 2.45. The second-order valence-electron chi connectivity index (χ2n) is 8.69. The Labute approximate surface area is 181 Å². The van der Waals surface area contributed by atoms with E-state index in [2.05, 4.69) is 25.6 Å². The molecule has 1 unspecified atom stereocenters. The maximum atomic E-state index is 12.6. The Morgan fingerprint density at radius 1 is 1.16 bits per heavy atom. The first-order valence-electron chi connectivity index (χ1n) is 10.2. The summed E-state index contributed by atoms with van der Waals surface area (Å²) in [5.41, 5.74) is 1.95. The molecule has 8 heteroatoms. The van der Waals surface area contributed by atoms with Gasteiger partial charge in [0.15, 0.2) is 16.9 Å². The van der Waals surface area contributed by atoms with Crippen LogP contribution in [0.1, 0.15) is 49.2 Å². The topological polar surface area (TPSA) is 102 Å². The lowest BCUT2D eigenvalue weighted by atomic mass is 9.78. The van der Waals surface area contributed by atoms with Crippen LogP contribution in [-0.2, 0) is 16.0 Å². The summed E-state index contributed by atoms with van der Waals surface area (Å²) in [6.45, 7) is 7.49. The first kappa shape index (κ1) is 22.8.